The van der Waals surface area contributed by atoms with Crippen molar-refractivity contribution >= 4 is 12.0 Å². The normalized spacial score (nSPS) is 45.6. The summed E-state index contributed by atoms with van der Waals surface area (Å²) in [7, 11) is 0. The molecular formula is C38H51NO3. The van der Waals surface area contributed by atoms with Gasteiger partial charge < -0.3 is 10.2 Å². The van der Waals surface area contributed by atoms with E-state index in [1.807, 2.05) is 30.3 Å². The van der Waals surface area contributed by atoms with Crippen molar-refractivity contribution in [2.75, 3.05) is 0 Å². The second-order valence-corrected chi connectivity index (χ2v) is 16.3. The number of nitriles is 1. The first-order valence-corrected chi connectivity index (χ1v) is 16.5. The predicted molar refractivity (Wildman–Crippen MR) is 167 cm³/mol. The number of aliphatic hydroxyl groups excluding tert-OH is 1. The minimum atomic E-state index is -0.659. The van der Waals surface area contributed by atoms with Gasteiger partial charge in [0.25, 0.3) is 0 Å². The highest BCUT2D eigenvalue weighted by Crippen LogP contribution is 2.77. The van der Waals surface area contributed by atoms with Crippen LogP contribution < -0.4 is 0 Å². The molecule has 0 aliphatic heterocycles. The third-order valence-corrected chi connectivity index (χ3v) is 14.8. The van der Waals surface area contributed by atoms with Crippen molar-refractivity contribution < 1.29 is 15.0 Å². The van der Waals surface area contributed by atoms with E-state index >= 15 is 0 Å². The molecule has 0 amide bonds. The lowest BCUT2D eigenvalue weighted by atomic mass is 9.32. The highest BCUT2D eigenvalue weighted by molar-refractivity contribution is 5.76. The van der Waals surface area contributed by atoms with Crippen LogP contribution in [0.1, 0.15) is 110 Å². The lowest BCUT2D eigenvalue weighted by molar-refractivity contribution is -0.248. The maximum absolute atomic E-state index is 13.2. The number of allylic oxidation sites excluding steroid dienone is 2. The molecule has 42 heavy (non-hydrogen) atoms. The summed E-state index contributed by atoms with van der Waals surface area (Å²) < 4.78 is 0. The fourth-order valence-corrected chi connectivity index (χ4v) is 12.4. The molecule has 0 bridgehead atoms. The predicted octanol–water partition coefficient (Wildman–Crippen LogP) is 8.65. The first kappa shape index (κ1) is 29.7. The fraction of sp³-hybridized carbons (Fsp3) is 0.684. The summed E-state index contributed by atoms with van der Waals surface area (Å²) in [5, 5.41) is 31.1. The van der Waals surface area contributed by atoms with Gasteiger partial charge in [-0.15, -0.1) is 0 Å². The van der Waals surface area contributed by atoms with Gasteiger partial charge >= 0.3 is 5.97 Å². The average molecular weight is 570 g/mol. The SMILES string of the molecule is C=C(/C=C/c1cccc(C#N)c1)[C@@H]1CC[C@]2(C(=O)O)CC[C@]3(C)[C@H](CC[C@@H]4[C@@]5(C)CC[C@H](O)C(C)(C)[C@@H]5CC[C@]43C)[C@@H]12. The van der Waals surface area contributed by atoms with Gasteiger partial charge in [-0.25, -0.2) is 0 Å². The topological polar surface area (TPSA) is 81.3 Å². The zero-order valence-electron chi connectivity index (χ0n) is 26.5. The Bertz CT molecular complexity index is 1350. The van der Waals surface area contributed by atoms with Gasteiger partial charge in [0.1, 0.15) is 0 Å². The second kappa shape index (κ2) is 9.82. The molecule has 5 fully saturated rings. The van der Waals surface area contributed by atoms with Gasteiger partial charge in [-0.1, -0.05) is 71.1 Å². The molecule has 5 saturated carbocycles. The molecule has 10 atom stereocenters. The van der Waals surface area contributed by atoms with Crippen LogP contribution in [-0.4, -0.2) is 22.3 Å². The lowest BCUT2D eigenvalue weighted by Gasteiger charge is -2.72. The molecule has 0 radical (unpaired) electrons. The van der Waals surface area contributed by atoms with Crippen LogP contribution >= 0.6 is 0 Å². The zero-order chi connectivity index (χ0) is 30.3. The number of nitrogens with zero attached hydrogens (tertiary/aromatic N) is 1. The molecule has 0 unspecified atom stereocenters. The number of hydrogen-bond acceptors (Lipinski definition) is 3. The summed E-state index contributed by atoms with van der Waals surface area (Å²) >= 11 is 0. The van der Waals surface area contributed by atoms with Crippen molar-refractivity contribution in [2.45, 2.75) is 105 Å². The molecule has 0 saturated heterocycles. The van der Waals surface area contributed by atoms with Gasteiger partial charge in [-0.2, -0.15) is 5.26 Å². The Hall–Kier alpha value is -2.38. The van der Waals surface area contributed by atoms with E-state index in [4.69, 9.17) is 0 Å². The third-order valence-electron chi connectivity index (χ3n) is 14.8. The van der Waals surface area contributed by atoms with E-state index in [2.05, 4.69) is 53.3 Å². The van der Waals surface area contributed by atoms with Gasteiger partial charge in [0.2, 0.25) is 0 Å². The van der Waals surface area contributed by atoms with Crippen LogP contribution in [0.25, 0.3) is 6.08 Å². The second-order valence-electron chi connectivity index (χ2n) is 16.3. The van der Waals surface area contributed by atoms with Crippen molar-refractivity contribution in [1.82, 2.24) is 0 Å². The standard InChI is InChI=1S/C38H51NO3/c1-24(10-11-25-8-7-9-26(22-25)23-39)27-14-19-38(33(41)42)21-20-36(5)28(32(27)38)12-13-30-35(4)17-16-31(40)34(2,3)29(35)15-18-37(30,36)6/h7-11,22,27-32,40H,1,12-21H2,2-6H3,(H,41,42)/b11-10+/t27-,28+,29-,30+,31-,32+,35-,36+,37+,38-/m0/s1. The number of rotatable bonds is 4. The lowest BCUT2D eigenvalue weighted by Crippen LogP contribution is -2.67. The Morgan fingerprint density at radius 1 is 0.952 bits per heavy atom. The van der Waals surface area contributed by atoms with Crippen LogP contribution in [0.2, 0.25) is 0 Å². The summed E-state index contributed by atoms with van der Waals surface area (Å²) in [5.74, 6) is 1.16. The van der Waals surface area contributed by atoms with Crippen molar-refractivity contribution in [3.63, 3.8) is 0 Å². The number of aliphatic carboxylic acids is 1. The van der Waals surface area contributed by atoms with Crippen LogP contribution in [0.4, 0.5) is 0 Å². The molecule has 6 rings (SSSR count). The van der Waals surface area contributed by atoms with E-state index in [1.54, 1.807) is 0 Å². The first-order chi connectivity index (χ1) is 19.7. The minimum absolute atomic E-state index is 0.0650. The molecule has 5 aliphatic carbocycles. The van der Waals surface area contributed by atoms with Crippen molar-refractivity contribution in [2.24, 2.45) is 56.7 Å². The molecule has 4 nitrogen and oxygen atoms in total. The third kappa shape index (κ3) is 3.91. The molecule has 2 N–H and O–H groups in total. The minimum Gasteiger partial charge on any atom is -0.481 e. The van der Waals surface area contributed by atoms with Gasteiger partial charge in [0.15, 0.2) is 0 Å². The van der Waals surface area contributed by atoms with Crippen molar-refractivity contribution in [1.29, 1.82) is 5.26 Å². The monoisotopic (exact) mass is 569 g/mol. The number of carboxylic acid groups (broad SMARTS) is 1. The highest BCUT2D eigenvalue weighted by atomic mass is 16.4. The van der Waals surface area contributed by atoms with Gasteiger partial charge in [-0.3, -0.25) is 4.79 Å². The van der Waals surface area contributed by atoms with Crippen LogP contribution in [0, 0.1) is 68.0 Å². The average Bonchev–Trinajstić information content (AvgIpc) is 3.36. The van der Waals surface area contributed by atoms with Gasteiger partial charge in [0.05, 0.1) is 23.2 Å². The molecular weight excluding hydrogens is 518 g/mol. The maximum Gasteiger partial charge on any atom is 0.309 e. The van der Waals surface area contributed by atoms with Crippen LogP contribution in [0.15, 0.2) is 42.5 Å². The first-order valence-electron chi connectivity index (χ1n) is 16.5. The zero-order valence-corrected chi connectivity index (χ0v) is 26.5. The van der Waals surface area contributed by atoms with E-state index in [0.29, 0.717) is 23.3 Å². The molecule has 0 heterocycles. The van der Waals surface area contributed by atoms with E-state index < -0.39 is 11.4 Å². The summed E-state index contributed by atoms with van der Waals surface area (Å²) in [5.41, 5.74) is 2.39. The number of hydrogen-bond donors (Lipinski definition) is 2. The summed E-state index contributed by atoms with van der Waals surface area (Å²) in [4.78, 5) is 13.2. The number of benzene rings is 1. The van der Waals surface area contributed by atoms with E-state index in [9.17, 15) is 20.3 Å². The molecule has 226 valence electrons. The Balaban J connectivity index is 1.34. The number of fused-ring (bicyclic) bond motifs is 7. The van der Waals surface area contributed by atoms with Crippen LogP contribution in [0.3, 0.4) is 0 Å². The quantitative estimate of drug-likeness (QED) is 0.356. The molecule has 4 heteroatoms. The number of carbonyl (C=O) groups is 1. The van der Waals surface area contributed by atoms with Crippen molar-refractivity contribution in [3.05, 3.63) is 53.6 Å². The summed E-state index contributed by atoms with van der Waals surface area (Å²) in [6.07, 6.45) is 13.9. The molecule has 5 aliphatic rings. The maximum atomic E-state index is 13.2. The summed E-state index contributed by atoms with van der Waals surface area (Å²) in [6.45, 7) is 16.8. The fourth-order valence-electron chi connectivity index (χ4n) is 12.4. The largest absolute Gasteiger partial charge is 0.481 e. The highest BCUT2D eigenvalue weighted by Gasteiger charge is 2.72. The Morgan fingerprint density at radius 2 is 1.71 bits per heavy atom. The summed E-state index contributed by atoms with van der Waals surface area (Å²) in [6, 6.07) is 9.83. The van der Waals surface area contributed by atoms with E-state index in [1.165, 1.54) is 6.42 Å². The van der Waals surface area contributed by atoms with Crippen molar-refractivity contribution in [3.8, 4) is 6.07 Å². The smallest absolute Gasteiger partial charge is 0.309 e. The van der Waals surface area contributed by atoms with Gasteiger partial charge in [0, 0.05) is 0 Å². The molecule has 1 aromatic rings. The number of aliphatic hydroxyl groups is 1. The number of carboxylic acids is 1. The Morgan fingerprint density at radius 3 is 2.43 bits per heavy atom. The molecule has 0 spiro atoms. The van der Waals surface area contributed by atoms with Crippen LogP contribution in [0.5, 0.6) is 0 Å². The van der Waals surface area contributed by atoms with Gasteiger partial charge in [-0.05, 0) is 133 Å². The van der Waals surface area contributed by atoms with E-state index in [-0.39, 0.29) is 39.6 Å². The molecule has 1 aromatic carbocycles. The Kier molecular flexibility index (Phi) is 6.94. The Labute approximate surface area is 253 Å². The van der Waals surface area contributed by atoms with E-state index in [0.717, 1.165) is 68.9 Å². The van der Waals surface area contributed by atoms with Crippen LogP contribution in [-0.2, 0) is 4.79 Å². The molecule has 0 aromatic heterocycles.